The summed E-state index contributed by atoms with van der Waals surface area (Å²) in [4.78, 5) is 37.9. The molecule has 29 heavy (non-hydrogen) atoms. The number of hydrogen-bond acceptors (Lipinski definition) is 5. The molecule has 1 aliphatic rings. The van der Waals surface area contributed by atoms with E-state index in [2.05, 4.69) is 11.9 Å². The SMILES string of the molecule is C=CCCCCCC(=O)N1C(=O)C=C(OC)C1CCCCNC(=O)OC(C)(C)C. The molecule has 0 aliphatic carbocycles. The Hall–Kier alpha value is -2.31. The molecule has 1 N–H and O–H groups in total. The zero-order valence-corrected chi connectivity index (χ0v) is 18.3. The lowest BCUT2D eigenvalue weighted by molar-refractivity contribution is -0.143. The third-order valence-electron chi connectivity index (χ3n) is 4.52. The Morgan fingerprint density at radius 1 is 1.21 bits per heavy atom. The largest absolute Gasteiger partial charge is 0.499 e. The van der Waals surface area contributed by atoms with Gasteiger partial charge in [-0.2, -0.15) is 0 Å². The summed E-state index contributed by atoms with van der Waals surface area (Å²) in [6, 6.07) is -0.366. The van der Waals surface area contributed by atoms with E-state index in [4.69, 9.17) is 9.47 Å². The minimum atomic E-state index is -0.529. The van der Waals surface area contributed by atoms with E-state index in [-0.39, 0.29) is 17.9 Å². The maximum absolute atomic E-state index is 12.6. The minimum absolute atomic E-state index is 0.159. The maximum Gasteiger partial charge on any atom is 0.407 e. The molecule has 1 heterocycles. The standard InChI is InChI=1S/C22H36N2O5/c1-6-7-8-9-10-14-19(25)24-17(18(28-5)16-20(24)26)13-11-12-15-23-21(27)29-22(2,3)4/h6,16-17H,1,7-15H2,2-5H3,(H,23,27). The van der Waals surface area contributed by atoms with Gasteiger partial charge < -0.3 is 14.8 Å². The number of imide groups is 1. The molecule has 1 unspecified atom stereocenters. The summed E-state index contributed by atoms with van der Waals surface area (Å²) in [5, 5.41) is 2.72. The molecule has 0 aromatic rings. The number of rotatable bonds is 12. The molecular formula is C22H36N2O5. The summed E-state index contributed by atoms with van der Waals surface area (Å²) in [5.41, 5.74) is -0.529. The molecule has 0 aromatic heterocycles. The van der Waals surface area contributed by atoms with Crippen molar-refractivity contribution in [2.75, 3.05) is 13.7 Å². The molecule has 1 rings (SSSR count). The number of alkyl carbamates (subject to hydrolysis) is 1. The second kappa shape index (κ2) is 12.3. The van der Waals surface area contributed by atoms with Gasteiger partial charge in [0.15, 0.2) is 0 Å². The van der Waals surface area contributed by atoms with Crippen LogP contribution in [-0.4, -0.2) is 48.1 Å². The van der Waals surface area contributed by atoms with E-state index in [1.54, 1.807) is 0 Å². The summed E-state index contributed by atoms with van der Waals surface area (Å²) in [7, 11) is 1.51. The van der Waals surface area contributed by atoms with E-state index < -0.39 is 11.7 Å². The fraction of sp³-hybridized carbons (Fsp3) is 0.682. The molecule has 0 bridgehead atoms. The van der Waals surface area contributed by atoms with Crippen molar-refractivity contribution in [1.29, 1.82) is 0 Å². The van der Waals surface area contributed by atoms with Crippen molar-refractivity contribution in [2.24, 2.45) is 0 Å². The summed E-state index contributed by atoms with van der Waals surface area (Å²) in [6.07, 6.45) is 8.85. The number of amides is 3. The van der Waals surface area contributed by atoms with Gasteiger partial charge in [-0.1, -0.05) is 12.5 Å². The summed E-state index contributed by atoms with van der Waals surface area (Å²) in [5.74, 6) is 0.0544. The van der Waals surface area contributed by atoms with Crippen molar-refractivity contribution in [2.45, 2.75) is 83.8 Å². The summed E-state index contributed by atoms with van der Waals surface area (Å²) < 4.78 is 10.5. The zero-order valence-electron chi connectivity index (χ0n) is 18.3. The van der Waals surface area contributed by atoms with E-state index in [0.717, 1.165) is 32.1 Å². The first-order valence-corrected chi connectivity index (χ1v) is 10.4. The summed E-state index contributed by atoms with van der Waals surface area (Å²) >= 11 is 0. The lowest BCUT2D eigenvalue weighted by atomic mass is 10.1. The van der Waals surface area contributed by atoms with Crippen LogP contribution in [0.1, 0.15) is 72.1 Å². The monoisotopic (exact) mass is 408 g/mol. The molecule has 164 valence electrons. The molecule has 1 aliphatic heterocycles. The second-order valence-electron chi connectivity index (χ2n) is 8.18. The van der Waals surface area contributed by atoms with Gasteiger partial charge in [0.25, 0.3) is 5.91 Å². The number of carbonyl (C=O) groups excluding carboxylic acids is 3. The minimum Gasteiger partial charge on any atom is -0.499 e. The lowest BCUT2D eigenvalue weighted by Crippen LogP contribution is -2.40. The van der Waals surface area contributed by atoms with Crippen LogP contribution in [0.2, 0.25) is 0 Å². The van der Waals surface area contributed by atoms with Gasteiger partial charge in [0.05, 0.1) is 13.2 Å². The highest BCUT2D eigenvalue weighted by Crippen LogP contribution is 2.26. The highest BCUT2D eigenvalue weighted by Gasteiger charge is 2.37. The van der Waals surface area contributed by atoms with E-state index in [1.165, 1.54) is 18.1 Å². The van der Waals surface area contributed by atoms with Gasteiger partial charge in [0.2, 0.25) is 5.91 Å². The summed E-state index contributed by atoms with van der Waals surface area (Å²) in [6.45, 7) is 9.60. The molecule has 0 aromatic carbocycles. The molecule has 1 atom stereocenters. The molecular weight excluding hydrogens is 372 g/mol. The predicted molar refractivity (Wildman–Crippen MR) is 112 cm³/mol. The van der Waals surface area contributed by atoms with Gasteiger partial charge >= 0.3 is 6.09 Å². The average molecular weight is 409 g/mol. The normalized spacial score (nSPS) is 16.4. The topological polar surface area (TPSA) is 84.9 Å². The number of carbonyl (C=O) groups is 3. The van der Waals surface area contributed by atoms with Crippen LogP contribution in [0.25, 0.3) is 0 Å². The van der Waals surface area contributed by atoms with Crippen LogP contribution in [0.3, 0.4) is 0 Å². The number of methoxy groups -OCH3 is 1. The van der Waals surface area contributed by atoms with Crippen molar-refractivity contribution < 1.29 is 23.9 Å². The maximum atomic E-state index is 12.6. The molecule has 0 saturated heterocycles. The Bertz CT molecular complexity index is 607. The fourth-order valence-corrected chi connectivity index (χ4v) is 3.16. The van der Waals surface area contributed by atoms with Gasteiger partial charge in [-0.05, 0) is 59.3 Å². The highest BCUT2D eigenvalue weighted by molar-refractivity contribution is 6.04. The van der Waals surface area contributed by atoms with E-state index in [9.17, 15) is 14.4 Å². The Kier molecular flexibility index (Phi) is 10.5. The predicted octanol–water partition coefficient (Wildman–Crippen LogP) is 4.09. The Morgan fingerprint density at radius 3 is 2.55 bits per heavy atom. The number of nitrogens with zero attached hydrogens (tertiary/aromatic N) is 1. The van der Waals surface area contributed by atoms with Crippen molar-refractivity contribution in [3.05, 3.63) is 24.5 Å². The van der Waals surface area contributed by atoms with E-state index >= 15 is 0 Å². The van der Waals surface area contributed by atoms with Crippen molar-refractivity contribution >= 4 is 17.9 Å². The molecule has 7 heteroatoms. The van der Waals surface area contributed by atoms with Gasteiger partial charge in [-0.15, -0.1) is 6.58 Å². The quantitative estimate of drug-likeness (QED) is 0.388. The van der Waals surface area contributed by atoms with E-state index in [1.807, 2.05) is 26.8 Å². The first-order chi connectivity index (χ1) is 13.7. The highest BCUT2D eigenvalue weighted by atomic mass is 16.6. The van der Waals surface area contributed by atoms with Gasteiger partial charge in [0, 0.05) is 19.0 Å². The Labute approximate surface area is 174 Å². The number of allylic oxidation sites excluding steroid dienone is 1. The van der Waals surface area contributed by atoms with Crippen LogP contribution >= 0.6 is 0 Å². The van der Waals surface area contributed by atoms with Crippen LogP contribution in [0.4, 0.5) is 4.79 Å². The molecule has 0 radical (unpaired) electrons. The number of nitrogens with one attached hydrogen (secondary N) is 1. The molecule has 3 amide bonds. The zero-order chi connectivity index (χ0) is 21.9. The molecule has 0 saturated carbocycles. The van der Waals surface area contributed by atoms with Crippen LogP contribution < -0.4 is 5.32 Å². The van der Waals surface area contributed by atoms with E-state index in [0.29, 0.717) is 31.6 Å². The van der Waals surface area contributed by atoms with Gasteiger partial charge in [0.1, 0.15) is 11.4 Å². The van der Waals surface area contributed by atoms with Gasteiger partial charge in [-0.25, -0.2) is 4.79 Å². The van der Waals surface area contributed by atoms with Crippen LogP contribution in [0.15, 0.2) is 24.5 Å². The average Bonchev–Trinajstić information content (AvgIpc) is 2.95. The van der Waals surface area contributed by atoms with Crippen molar-refractivity contribution in [3.63, 3.8) is 0 Å². The Morgan fingerprint density at radius 2 is 1.93 bits per heavy atom. The van der Waals surface area contributed by atoms with Crippen LogP contribution in [0.5, 0.6) is 0 Å². The number of hydrogen-bond donors (Lipinski definition) is 1. The molecule has 0 spiro atoms. The van der Waals surface area contributed by atoms with Crippen LogP contribution in [0, 0.1) is 0 Å². The third kappa shape index (κ3) is 9.15. The first kappa shape index (κ1) is 24.7. The van der Waals surface area contributed by atoms with Crippen molar-refractivity contribution in [3.8, 4) is 0 Å². The molecule has 7 nitrogen and oxygen atoms in total. The smallest absolute Gasteiger partial charge is 0.407 e. The number of ether oxygens (including phenoxy) is 2. The molecule has 0 fully saturated rings. The fourth-order valence-electron chi connectivity index (χ4n) is 3.16. The third-order valence-corrected chi connectivity index (χ3v) is 4.52. The lowest BCUT2D eigenvalue weighted by Gasteiger charge is -2.25. The second-order valence-corrected chi connectivity index (χ2v) is 8.18. The van der Waals surface area contributed by atoms with Crippen molar-refractivity contribution in [1.82, 2.24) is 10.2 Å². The first-order valence-electron chi connectivity index (χ1n) is 10.4. The van der Waals surface area contributed by atoms with Gasteiger partial charge in [-0.3, -0.25) is 14.5 Å². The number of unbranched alkanes of at least 4 members (excludes halogenated alkanes) is 4. The van der Waals surface area contributed by atoms with Crippen LogP contribution in [-0.2, 0) is 19.1 Å². The Balaban J connectivity index is 2.45.